The Morgan fingerprint density at radius 1 is 0.593 bits per heavy atom. The maximum absolute atomic E-state index is 6.38. The summed E-state index contributed by atoms with van der Waals surface area (Å²) in [5.74, 6) is 1.67. The molecular formula is C52H35N5OPt. The Kier molecular flexibility index (Phi) is 7.88. The number of fused-ring (bicyclic) bond motifs is 10. The molecule has 59 heavy (non-hydrogen) atoms. The maximum atomic E-state index is 6.38. The van der Waals surface area contributed by atoms with Gasteiger partial charge in [0.25, 0.3) is 0 Å². The number of aryl methyl sites for hydroxylation is 3. The normalized spacial score (nSPS) is 11.9. The van der Waals surface area contributed by atoms with Gasteiger partial charge in [0.15, 0.2) is 0 Å². The fourth-order valence-electron chi connectivity index (χ4n) is 9.26. The van der Waals surface area contributed by atoms with E-state index in [1.54, 1.807) is 0 Å². The minimum Gasteiger partial charge on any atom is -0.656 e. The monoisotopic (exact) mass is 940 g/mol. The second-order valence-electron chi connectivity index (χ2n) is 15.5. The van der Waals surface area contributed by atoms with Crippen LogP contribution in [0, 0.1) is 33.8 Å². The predicted molar refractivity (Wildman–Crippen MR) is 237 cm³/mol. The second kappa shape index (κ2) is 13.1. The molecule has 5 aromatic heterocycles. The van der Waals surface area contributed by atoms with Crippen LogP contribution in [0.5, 0.6) is 0 Å². The Hall–Kier alpha value is -6.75. The average molecular weight is 941 g/mol. The summed E-state index contributed by atoms with van der Waals surface area (Å²) in [5.41, 5.74) is 16.6. The number of nitrogens with zero attached hydrogens (tertiary/aromatic N) is 5. The molecule has 7 heteroatoms. The van der Waals surface area contributed by atoms with Gasteiger partial charge in [-0.2, -0.15) is 0 Å². The van der Waals surface area contributed by atoms with E-state index in [9.17, 15) is 0 Å². The van der Waals surface area contributed by atoms with E-state index in [1.165, 1.54) is 33.0 Å². The van der Waals surface area contributed by atoms with Crippen molar-refractivity contribution in [3.05, 3.63) is 168 Å². The van der Waals surface area contributed by atoms with E-state index >= 15 is 0 Å². The minimum atomic E-state index is 0. The molecule has 7 aromatic carbocycles. The Morgan fingerprint density at radius 3 is 2.27 bits per heavy atom. The van der Waals surface area contributed by atoms with Crippen molar-refractivity contribution in [2.75, 3.05) is 0 Å². The number of benzene rings is 7. The smallest absolute Gasteiger partial charge is 0.656 e. The molecule has 0 radical (unpaired) electrons. The van der Waals surface area contributed by atoms with Crippen molar-refractivity contribution in [3.8, 4) is 34.0 Å². The topological polar surface area (TPSA) is 62.9 Å². The number of imidazole rings is 1. The van der Waals surface area contributed by atoms with Crippen molar-refractivity contribution < 1.29 is 25.5 Å². The van der Waals surface area contributed by atoms with Crippen molar-refractivity contribution in [3.63, 3.8) is 0 Å². The number of aromatic nitrogens is 5. The zero-order valence-electron chi connectivity index (χ0n) is 32.7. The standard InChI is InChI=1S/C52H35N5O.Pt/c1-29-20-22-38(51-48(29)49-32(4)31(3)30(2)25-41(49)54-51)52-55-50-35(16-12-17-42(50)56(52)34-13-6-5-7-14-34)33-21-23-36-39-27-40-37-15-8-9-18-45(37)58-46(40)28-44(39)57(43(36)26-33)47-19-10-11-24-53-47;/h5-25,27-28H,1-4H3;/q-2;+2. The first-order valence-corrected chi connectivity index (χ1v) is 19.7. The number of para-hydroxylation sites is 3. The third kappa shape index (κ3) is 5.09. The number of hydrogen-bond acceptors (Lipinski definition) is 3. The minimum absolute atomic E-state index is 0. The van der Waals surface area contributed by atoms with E-state index in [4.69, 9.17) is 19.4 Å². The van der Waals surface area contributed by atoms with E-state index in [2.05, 4.69) is 146 Å². The summed E-state index contributed by atoms with van der Waals surface area (Å²) in [6.07, 6.45) is 1.84. The van der Waals surface area contributed by atoms with Gasteiger partial charge >= 0.3 is 21.1 Å². The van der Waals surface area contributed by atoms with Gasteiger partial charge < -0.3 is 14.0 Å². The van der Waals surface area contributed by atoms with Crippen LogP contribution in [-0.4, -0.2) is 19.1 Å². The Labute approximate surface area is 354 Å². The van der Waals surface area contributed by atoms with Crippen molar-refractivity contribution >= 4 is 76.6 Å². The molecule has 0 aliphatic rings. The van der Waals surface area contributed by atoms with Gasteiger partial charge in [-0.25, -0.2) is 9.97 Å². The zero-order valence-corrected chi connectivity index (χ0v) is 35.0. The van der Waals surface area contributed by atoms with E-state index in [0.717, 1.165) is 99.8 Å². The third-order valence-electron chi connectivity index (χ3n) is 12.3. The van der Waals surface area contributed by atoms with Gasteiger partial charge in [-0.15, -0.1) is 34.8 Å². The van der Waals surface area contributed by atoms with Gasteiger partial charge in [0.05, 0.1) is 11.0 Å². The quantitative estimate of drug-likeness (QED) is 0.165. The number of rotatable bonds is 4. The molecule has 0 saturated heterocycles. The summed E-state index contributed by atoms with van der Waals surface area (Å²) in [4.78, 5) is 15.8. The number of pyridine rings is 1. The summed E-state index contributed by atoms with van der Waals surface area (Å²) in [6.45, 7) is 8.80. The SMILES string of the molecule is Cc1cc2[n-]c3c(-c4nc5c(-c6[c-]c7c(cc6)c6cc8c(cc6n7-c6ccccn6)oc6ccccc68)cccc5n4-c4ccccc4)ccc(C)c3c2c(C)c1C.[Pt+2]. The molecule has 6 nitrogen and oxygen atoms in total. The van der Waals surface area contributed by atoms with Crippen LogP contribution in [0.3, 0.4) is 0 Å². The fourth-order valence-corrected chi connectivity index (χ4v) is 9.26. The molecule has 0 aliphatic heterocycles. The van der Waals surface area contributed by atoms with Crippen LogP contribution < -0.4 is 4.98 Å². The van der Waals surface area contributed by atoms with Crippen LogP contribution in [0.25, 0.3) is 111 Å². The largest absolute Gasteiger partial charge is 2.00 e. The van der Waals surface area contributed by atoms with Gasteiger partial charge in [-0.3, -0.25) is 4.57 Å². The van der Waals surface area contributed by atoms with Crippen molar-refractivity contribution in [1.82, 2.24) is 24.1 Å². The zero-order chi connectivity index (χ0) is 38.8. The van der Waals surface area contributed by atoms with Crippen molar-refractivity contribution in [2.24, 2.45) is 0 Å². The van der Waals surface area contributed by atoms with Crippen molar-refractivity contribution in [1.29, 1.82) is 0 Å². The molecule has 0 amide bonds. The van der Waals surface area contributed by atoms with Crippen LogP contribution >= 0.6 is 0 Å². The Bertz CT molecular complexity index is 3660. The summed E-state index contributed by atoms with van der Waals surface area (Å²) in [5, 5.41) is 6.83. The number of hydrogen-bond donors (Lipinski definition) is 0. The molecule has 12 aromatic rings. The van der Waals surface area contributed by atoms with E-state index < -0.39 is 0 Å². The molecular weight excluding hydrogens is 906 g/mol. The molecule has 0 aliphatic carbocycles. The molecule has 0 N–H and O–H groups in total. The van der Waals surface area contributed by atoms with Crippen LogP contribution in [0.1, 0.15) is 22.3 Å². The average Bonchev–Trinajstić information content (AvgIpc) is 4.02. The molecule has 0 bridgehead atoms. The maximum Gasteiger partial charge on any atom is 2.00 e. The van der Waals surface area contributed by atoms with Gasteiger partial charge in [-0.1, -0.05) is 83.7 Å². The molecule has 0 atom stereocenters. The Balaban J connectivity index is 0.00000397. The van der Waals surface area contributed by atoms with Crippen LogP contribution in [-0.2, 0) is 21.1 Å². The van der Waals surface area contributed by atoms with Crippen LogP contribution in [0.2, 0.25) is 0 Å². The summed E-state index contributed by atoms with van der Waals surface area (Å²) >= 11 is 0. The molecule has 0 saturated carbocycles. The molecule has 0 fully saturated rings. The van der Waals surface area contributed by atoms with Crippen LogP contribution in [0.4, 0.5) is 0 Å². The van der Waals surface area contributed by atoms with E-state index in [1.807, 2.05) is 36.5 Å². The van der Waals surface area contributed by atoms with Crippen LogP contribution in [0.15, 0.2) is 144 Å². The summed E-state index contributed by atoms with van der Waals surface area (Å²) in [7, 11) is 0. The summed E-state index contributed by atoms with van der Waals surface area (Å²) in [6, 6.07) is 50.6. The fraction of sp³-hybridized carbons (Fsp3) is 0.0769. The van der Waals surface area contributed by atoms with E-state index in [-0.39, 0.29) is 21.1 Å². The first kappa shape index (κ1) is 35.4. The van der Waals surface area contributed by atoms with E-state index in [0.29, 0.717) is 0 Å². The van der Waals surface area contributed by atoms with Gasteiger partial charge in [0, 0.05) is 39.8 Å². The Morgan fingerprint density at radius 2 is 1.42 bits per heavy atom. The molecule has 5 heterocycles. The van der Waals surface area contributed by atoms with Gasteiger partial charge in [-0.05, 0) is 114 Å². The molecule has 0 spiro atoms. The van der Waals surface area contributed by atoms with Gasteiger partial charge in [0.2, 0.25) is 0 Å². The van der Waals surface area contributed by atoms with Gasteiger partial charge in [0.1, 0.15) is 22.8 Å². The molecule has 12 rings (SSSR count). The summed E-state index contributed by atoms with van der Waals surface area (Å²) < 4.78 is 10.9. The second-order valence-corrected chi connectivity index (χ2v) is 15.5. The first-order valence-electron chi connectivity index (χ1n) is 19.7. The first-order chi connectivity index (χ1) is 28.4. The number of furan rings is 1. The third-order valence-corrected chi connectivity index (χ3v) is 12.3. The molecule has 284 valence electrons. The van der Waals surface area contributed by atoms with Crippen molar-refractivity contribution in [2.45, 2.75) is 27.7 Å². The molecule has 0 unspecified atom stereocenters. The predicted octanol–water partition coefficient (Wildman–Crippen LogP) is 13.0.